The zero-order chi connectivity index (χ0) is 15.6. The molecule has 2 aromatic heterocycles. The van der Waals surface area contributed by atoms with Crippen molar-refractivity contribution in [1.82, 2.24) is 24.9 Å². The fraction of sp³-hybridized carbons (Fsp3) is 0.529. The molecule has 0 bridgehead atoms. The van der Waals surface area contributed by atoms with E-state index in [-0.39, 0.29) is 5.91 Å². The monoisotopic (exact) mass is 311 g/mol. The van der Waals surface area contributed by atoms with Gasteiger partial charge >= 0.3 is 0 Å². The van der Waals surface area contributed by atoms with E-state index in [1.165, 1.54) is 19.3 Å². The Labute approximate surface area is 135 Å². The summed E-state index contributed by atoms with van der Waals surface area (Å²) in [5, 5.41) is 8.20. The van der Waals surface area contributed by atoms with Crippen LogP contribution in [0.1, 0.15) is 48.2 Å². The molecule has 3 heterocycles. The topological polar surface area (TPSA) is 63.9 Å². The third-order valence-electron chi connectivity index (χ3n) is 5.10. The molecule has 0 spiro atoms. The van der Waals surface area contributed by atoms with Crippen LogP contribution in [0.2, 0.25) is 0 Å². The van der Waals surface area contributed by atoms with Gasteiger partial charge in [0, 0.05) is 25.0 Å². The average molecular weight is 311 g/mol. The number of pyridine rings is 1. The van der Waals surface area contributed by atoms with E-state index in [4.69, 9.17) is 0 Å². The highest BCUT2D eigenvalue weighted by molar-refractivity contribution is 5.92. The van der Waals surface area contributed by atoms with Crippen LogP contribution in [0.4, 0.5) is 0 Å². The Hall–Kier alpha value is -2.24. The number of rotatable bonds is 3. The summed E-state index contributed by atoms with van der Waals surface area (Å²) in [6.45, 7) is 1.45. The van der Waals surface area contributed by atoms with Gasteiger partial charge in [-0.1, -0.05) is 24.1 Å². The Morgan fingerprint density at radius 2 is 2.17 bits per heavy atom. The minimum absolute atomic E-state index is 0.0387. The van der Waals surface area contributed by atoms with Crippen LogP contribution >= 0.6 is 0 Å². The average Bonchev–Trinajstić information content (AvgIpc) is 3.22. The molecule has 1 saturated heterocycles. The lowest BCUT2D eigenvalue weighted by Gasteiger charge is -2.31. The zero-order valence-electron chi connectivity index (χ0n) is 13.1. The minimum Gasteiger partial charge on any atom is -0.334 e. The molecule has 23 heavy (non-hydrogen) atoms. The fourth-order valence-corrected chi connectivity index (χ4v) is 3.96. The second-order valence-electron chi connectivity index (χ2n) is 6.56. The Morgan fingerprint density at radius 3 is 3.04 bits per heavy atom. The number of fused-ring (bicyclic) bond motifs is 1. The molecule has 6 nitrogen and oxygen atoms in total. The smallest absolute Gasteiger partial charge is 0.276 e. The van der Waals surface area contributed by atoms with Crippen LogP contribution in [0.25, 0.3) is 0 Å². The van der Waals surface area contributed by atoms with Gasteiger partial charge in [-0.15, -0.1) is 5.10 Å². The van der Waals surface area contributed by atoms with Gasteiger partial charge < -0.3 is 4.90 Å². The Balaban J connectivity index is 1.47. The van der Waals surface area contributed by atoms with Crippen LogP contribution in [0, 0.1) is 5.92 Å². The van der Waals surface area contributed by atoms with Crippen LogP contribution < -0.4 is 0 Å². The molecule has 1 saturated carbocycles. The van der Waals surface area contributed by atoms with Crippen LogP contribution in [-0.2, 0) is 6.54 Å². The Morgan fingerprint density at radius 1 is 1.26 bits per heavy atom. The van der Waals surface area contributed by atoms with Gasteiger partial charge in [-0.3, -0.25) is 9.78 Å². The third-order valence-corrected chi connectivity index (χ3v) is 5.10. The molecule has 1 amide bonds. The number of hydrogen-bond donors (Lipinski definition) is 0. The van der Waals surface area contributed by atoms with Crippen molar-refractivity contribution < 1.29 is 4.79 Å². The summed E-state index contributed by atoms with van der Waals surface area (Å²) in [5.41, 5.74) is 1.50. The molecule has 2 aromatic rings. The Kier molecular flexibility index (Phi) is 3.81. The normalized spacial score (nSPS) is 23.7. The summed E-state index contributed by atoms with van der Waals surface area (Å²) < 4.78 is 1.71. The van der Waals surface area contributed by atoms with Gasteiger partial charge in [0.1, 0.15) is 0 Å². The van der Waals surface area contributed by atoms with Crippen molar-refractivity contribution in [2.45, 2.75) is 44.7 Å². The van der Waals surface area contributed by atoms with Crippen molar-refractivity contribution in [2.75, 3.05) is 6.54 Å². The van der Waals surface area contributed by atoms with Gasteiger partial charge in [0.15, 0.2) is 5.69 Å². The highest BCUT2D eigenvalue weighted by Gasteiger charge is 2.39. The molecule has 4 rings (SSSR count). The van der Waals surface area contributed by atoms with Crippen molar-refractivity contribution in [3.05, 3.63) is 42.0 Å². The number of likely N-dealkylation sites (tertiary alicyclic amines) is 1. The lowest BCUT2D eigenvalue weighted by atomic mass is 9.85. The van der Waals surface area contributed by atoms with E-state index in [9.17, 15) is 4.79 Å². The number of aromatic nitrogens is 4. The summed E-state index contributed by atoms with van der Waals surface area (Å²) in [5.74, 6) is 0.731. The van der Waals surface area contributed by atoms with Gasteiger partial charge in [-0.05, 0) is 36.8 Å². The van der Waals surface area contributed by atoms with Crippen molar-refractivity contribution in [3.8, 4) is 0 Å². The van der Waals surface area contributed by atoms with Gasteiger partial charge in [0.25, 0.3) is 5.91 Å². The van der Waals surface area contributed by atoms with E-state index in [2.05, 4.69) is 15.3 Å². The number of amides is 1. The van der Waals surface area contributed by atoms with E-state index in [1.54, 1.807) is 23.3 Å². The first-order chi connectivity index (χ1) is 11.3. The van der Waals surface area contributed by atoms with Gasteiger partial charge in [-0.25, -0.2) is 4.68 Å². The SMILES string of the molecule is O=C(c1cn(Cc2cccnc2)nn1)N1CCC2CCCCC21. The van der Waals surface area contributed by atoms with E-state index in [1.807, 2.05) is 17.0 Å². The van der Waals surface area contributed by atoms with Crippen LogP contribution in [0.15, 0.2) is 30.7 Å². The molecule has 2 fully saturated rings. The predicted molar refractivity (Wildman–Crippen MR) is 84.8 cm³/mol. The summed E-state index contributed by atoms with van der Waals surface area (Å²) in [6.07, 6.45) is 11.4. The number of carbonyl (C=O) groups excluding carboxylic acids is 1. The highest BCUT2D eigenvalue weighted by atomic mass is 16.2. The first kappa shape index (κ1) is 14.4. The van der Waals surface area contributed by atoms with Gasteiger partial charge in [0.05, 0.1) is 12.7 Å². The predicted octanol–water partition coefficient (Wildman–Crippen LogP) is 2.13. The summed E-state index contributed by atoms with van der Waals surface area (Å²) in [4.78, 5) is 18.9. The number of hydrogen-bond acceptors (Lipinski definition) is 4. The fourth-order valence-electron chi connectivity index (χ4n) is 3.96. The lowest BCUT2D eigenvalue weighted by molar-refractivity contribution is 0.0684. The minimum atomic E-state index is 0.0387. The number of carbonyl (C=O) groups is 1. The molecule has 6 heteroatoms. The maximum atomic E-state index is 12.8. The third kappa shape index (κ3) is 2.85. The second kappa shape index (κ2) is 6.10. The molecular formula is C17H21N5O. The molecule has 0 radical (unpaired) electrons. The van der Waals surface area contributed by atoms with Gasteiger partial charge in [0.2, 0.25) is 0 Å². The van der Waals surface area contributed by atoms with Crippen LogP contribution in [0.5, 0.6) is 0 Å². The van der Waals surface area contributed by atoms with Crippen LogP contribution in [0.3, 0.4) is 0 Å². The van der Waals surface area contributed by atoms with E-state index in [0.717, 1.165) is 24.9 Å². The maximum absolute atomic E-state index is 12.8. The first-order valence-corrected chi connectivity index (χ1v) is 8.41. The van der Waals surface area contributed by atoms with E-state index < -0.39 is 0 Å². The van der Waals surface area contributed by atoms with Crippen molar-refractivity contribution in [3.63, 3.8) is 0 Å². The molecule has 1 aliphatic heterocycles. The molecule has 0 aromatic carbocycles. The van der Waals surface area contributed by atoms with Crippen molar-refractivity contribution in [2.24, 2.45) is 5.92 Å². The first-order valence-electron chi connectivity index (χ1n) is 8.41. The molecule has 0 N–H and O–H groups in total. The molecular weight excluding hydrogens is 290 g/mol. The molecule has 2 aliphatic rings. The molecule has 1 aliphatic carbocycles. The lowest BCUT2D eigenvalue weighted by Crippen LogP contribution is -2.39. The van der Waals surface area contributed by atoms with Crippen LogP contribution in [-0.4, -0.2) is 43.4 Å². The highest BCUT2D eigenvalue weighted by Crippen LogP contribution is 2.36. The standard InChI is InChI=1S/C17H21N5O/c23-17(22-9-7-14-5-1-2-6-16(14)22)15-12-21(20-19-15)11-13-4-3-8-18-10-13/h3-4,8,10,12,14,16H,1-2,5-7,9,11H2. The quantitative estimate of drug-likeness (QED) is 0.871. The van der Waals surface area contributed by atoms with E-state index in [0.29, 0.717) is 24.2 Å². The Bertz CT molecular complexity index is 683. The summed E-state index contributed by atoms with van der Waals surface area (Å²) in [7, 11) is 0. The van der Waals surface area contributed by atoms with Gasteiger partial charge in [-0.2, -0.15) is 0 Å². The molecule has 2 unspecified atom stereocenters. The summed E-state index contributed by atoms with van der Waals surface area (Å²) >= 11 is 0. The van der Waals surface area contributed by atoms with Crippen molar-refractivity contribution in [1.29, 1.82) is 0 Å². The van der Waals surface area contributed by atoms with E-state index >= 15 is 0 Å². The summed E-state index contributed by atoms with van der Waals surface area (Å²) in [6, 6.07) is 4.30. The zero-order valence-corrected chi connectivity index (χ0v) is 13.1. The maximum Gasteiger partial charge on any atom is 0.276 e. The van der Waals surface area contributed by atoms with Crippen molar-refractivity contribution >= 4 is 5.91 Å². The second-order valence-corrected chi connectivity index (χ2v) is 6.56. The molecule has 120 valence electrons. The largest absolute Gasteiger partial charge is 0.334 e. The molecule has 2 atom stereocenters. The number of nitrogens with zero attached hydrogens (tertiary/aromatic N) is 5.